The minimum absolute atomic E-state index is 0.0569. The first-order valence-electron chi connectivity index (χ1n) is 8.43. The molecular weight excluding hydrogens is 294 g/mol. The molecule has 1 saturated heterocycles. The number of phenolic OH excluding ortho intramolecular Hbond substituents is 1. The fraction of sp³-hybridized carbons (Fsp3) is 0.611. The van der Waals surface area contributed by atoms with E-state index in [1.165, 1.54) is 0 Å². The number of Topliss-reactive ketones (excluding diaryl/α,β-unsaturated/α-hetero) is 1. The fourth-order valence-corrected chi connectivity index (χ4v) is 5.72. The van der Waals surface area contributed by atoms with Crippen LogP contribution in [0.4, 0.5) is 0 Å². The first-order chi connectivity index (χ1) is 11.0. The first-order valence-corrected chi connectivity index (χ1v) is 8.43. The average Bonchev–Trinajstić information content (AvgIpc) is 2.86. The van der Waals surface area contributed by atoms with E-state index >= 15 is 0 Å². The summed E-state index contributed by atoms with van der Waals surface area (Å²) >= 11 is 0. The van der Waals surface area contributed by atoms with Crippen molar-refractivity contribution in [2.75, 3.05) is 20.1 Å². The third kappa shape index (κ3) is 1.40. The lowest BCUT2D eigenvalue weighted by atomic mass is 9.49. The number of aliphatic hydroxyl groups is 1. The van der Waals surface area contributed by atoms with Gasteiger partial charge in [0.25, 0.3) is 0 Å². The molecule has 4 atom stereocenters. The van der Waals surface area contributed by atoms with Gasteiger partial charge in [-0.05, 0) is 44.5 Å². The zero-order chi connectivity index (χ0) is 16.0. The van der Waals surface area contributed by atoms with E-state index in [0.29, 0.717) is 25.0 Å². The molecule has 5 heteroatoms. The van der Waals surface area contributed by atoms with Gasteiger partial charge < -0.3 is 19.8 Å². The highest BCUT2D eigenvalue weighted by Crippen LogP contribution is 2.64. The van der Waals surface area contributed by atoms with Crippen molar-refractivity contribution in [3.05, 3.63) is 23.3 Å². The number of hydrogen-bond donors (Lipinski definition) is 2. The van der Waals surface area contributed by atoms with Gasteiger partial charge in [-0.2, -0.15) is 0 Å². The number of carbonyl (C=O) groups is 1. The Labute approximate surface area is 134 Å². The molecule has 0 aromatic heterocycles. The summed E-state index contributed by atoms with van der Waals surface area (Å²) in [4.78, 5) is 14.9. The number of nitrogens with zero attached hydrogens (tertiary/aromatic N) is 1. The normalized spacial score (nSPS) is 41.2. The number of aromatic hydroxyl groups is 1. The summed E-state index contributed by atoms with van der Waals surface area (Å²) in [7, 11) is 2.07. The van der Waals surface area contributed by atoms with Gasteiger partial charge in [0.2, 0.25) is 0 Å². The summed E-state index contributed by atoms with van der Waals surface area (Å²) in [6.07, 6.45) is 1.66. The molecule has 1 aromatic carbocycles. The largest absolute Gasteiger partial charge is 0.504 e. The Bertz CT molecular complexity index is 732. The molecule has 2 bridgehead atoms. The number of benzene rings is 1. The highest BCUT2D eigenvalue weighted by Gasteiger charge is 2.71. The van der Waals surface area contributed by atoms with Crippen molar-refractivity contribution in [1.29, 1.82) is 0 Å². The molecule has 0 radical (unpaired) electrons. The van der Waals surface area contributed by atoms with Crippen molar-refractivity contribution in [2.45, 2.75) is 42.8 Å². The molecule has 2 N–H and O–H groups in total. The minimum atomic E-state index is -0.928. The summed E-state index contributed by atoms with van der Waals surface area (Å²) in [6.45, 7) is 1.65. The maximum atomic E-state index is 12.6. The predicted molar refractivity (Wildman–Crippen MR) is 82.7 cm³/mol. The molecule has 5 rings (SSSR count). The van der Waals surface area contributed by atoms with Crippen LogP contribution in [0.25, 0.3) is 0 Å². The molecule has 23 heavy (non-hydrogen) atoms. The molecule has 2 heterocycles. The van der Waals surface area contributed by atoms with Crippen LogP contribution in [0.1, 0.15) is 30.4 Å². The lowest BCUT2D eigenvalue weighted by Crippen LogP contribution is -2.68. The average molecular weight is 315 g/mol. The van der Waals surface area contributed by atoms with Crippen LogP contribution >= 0.6 is 0 Å². The summed E-state index contributed by atoms with van der Waals surface area (Å²) in [6, 6.07) is 3.60. The molecule has 2 aliphatic carbocycles. The second-order valence-electron chi connectivity index (χ2n) is 7.72. The van der Waals surface area contributed by atoms with Crippen LogP contribution in [0, 0.1) is 5.92 Å². The Balaban J connectivity index is 1.86. The molecule has 2 aliphatic heterocycles. The van der Waals surface area contributed by atoms with E-state index in [-0.39, 0.29) is 17.5 Å². The summed E-state index contributed by atoms with van der Waals surface area (Å²) in [5.74, 6) is 0.668. The maximum absolute atomic E-state index is 12.6. The van der Waals surface area contributed by atoms with Gasteiger partial charge in [-0.25, -0.2) is 0 Å². The lowest BCUT2D eigenvalue weighted by molar-refractivity contribution is -0.162. The Morgan fingerprint density at radius 1 is 1.35 bits per heavy atom. The van der Waals surface area contributed by atoms with Crippen molar-refractivity contribution in [3.63, 3.8) is 0 Å². The molecule has 2 fully saturated rings. The second kappa shape index (κ2) is 4.08. The Hall–Kier alpha value is -1.59. The van der Waals surface area contributed by atoms with Gasteiger partial charge in [0.15, 0.2) is 23.4 Å². The minimum Gasteiger partial charge on any atom is -0.504 e. The smallest absolute Gasteiger partial charge is 0.174 e. The maximum Gasteiger partial charge on any atom is 0.174 e. The molecule has 1 aromatic rings. The van der Waals surface area contributed by atoms with Gasteiger partial charge in [-0.3, -0.25) is 4.79 Å². The highest BCUT2D eigenvalue weighted by molar-refractivity contribution is 5.89. The van der Waals surface area contributed by atoms with E-state index in [9.17, 15) is 15.0 Å². The quantitative estimate of drug-likeness (QED) is 0.747. The zero-order valence-corrected chi connectivity index (χ0v) is 13.2. The number of likely N-dealkylation sites (tertiary alicyclic amines) is 1. The van der Waals surface area contributed by atoms with E-state index in [1.54, 1.807) is 6.07 Å². The molecule has 1 spiro atoms. The van der Waals surface area contributed by atoms with E-state index in [2.05, 4.69) is 11.9 Å². The second-order valence-corrected chi connectivity index (χ2v) is 7.72. The standard InChI is InChI=1S/C18H21NO4/c1-19-7-6-17-14-10-2-3-12(20)15(14)23-16(17)13(21)4-5-18(17,22)11(8-10)9-19/h2-3,11,16,20,22H,4-9H2,1H3. The first kappa shape index (κ1) is 13.8. The van der Waals surface area contributed by atoms with Crippen molar-refractivity contribution in [2.24, 2.45) is 5.92 Å². The summed E-state index contributed by atoms with van der Waals surface area (Å²) in [5, 5.41) is 22.0. The van der Waals surface area contributed by atoms with Crippen molar-refractivity contribution in [3.8, 4) is 11.5 Å². The number of phenols is 1. The monoisotopic (exact) mass is 315 g/mol. The molecule has 5 nitrogen and oxygen atoms in total. The van der Waals surface area contributed by atoms with Gasteiger partial charge >= 0.3 is 0 Å². The Morgan fingerprint density at radius 3 is 3.00 bits per heavy atom. The van der Waals surface area contributed by atoms with Gasteiger partial charge in [0, 0.05) is 24.4 Å². The van der Waals surface area contributed by atoms with Crippen LogP contribution in [-0.4, -0.2) is 52.7 Å². The van der Waals surface area contributed by atoms with Crippen LogP contribution in [0.3, 0.4) is 0 Å². The number of ether oxygens (including phenoxy) is 1. The van der Waals surface area contributed by atoms with Crippen LogP contribution < -0.4 is 4.74 Å². The highest BCUT2D eigenvalue weighted by atomic mass is 16.5. The third-order valence-electron chi connectivity index (χ3n) is 6.73. The Morgan fingerprint density at radius 2 is 2.17 bits per heavy atom. The molecule has 122 valence electrons. The zero-order valence-electron chi connectivity index (χ0n) is 13.2. The van der Waals surface area contributed by atoms with Crippen LogP contribution in [-0.2, 0) is 16.6 Å². The van der Waals surface area contributed by atoms with Crippen LogP contribution in [0.2, 0.25) is 0 Å². The van der Waals surface area contributed by atoms with Gasteiger partial charge in [0.05, 0.1) is 11.0 Å². The topological polar surface area (TPSA) is 70.0 Å². The molecule has 0 amide bonds. The fourth-order valence-electron chi connectivity index (χ4n) is 5.72. The Kier molecular flexibility index (Phi) is 2.45. The predicted octanol–water partition coefficient (Wildman–Crippen LogP) is 0.993. The van der Waals surface area contributed by atoms with Gasteiger partial charge in [0.1, 0.15) is 0 Å². The third-order valence-corrected chi connectivity index (χ3v) is 6.73. The van der Waals surface area contributed by atoms with Crippen molar-refractivity contribution < 1.29 is 19.7 Å². The van der Waals surface area contributed by atoms with Gasteiger partial charge in [-0.1, -0.05) is 6.07 Å². The van der Waals surface area contributed by atoms with Gasteiger partial charge in [-0.15, -0.1) is 0 Å². The summed E-state index contributed by atoms with van der Waals surface area (Å²) < 4.78 is 6.00. The van der Waals surface area contributed by atoms with E-state index < -0.39 is 17.1 Å². The number of ketones is 1. The molecular formula is C18H21NO4. The van der Waals surface area contributed by atoms with Crippen LogP contribution in [0.5, 0.6) is 11.5 Å². The molecule has 4 unspecified atom stereocenters. The summed E-state index contributed by atoms with van der Waals surface area (Å²) in [5.41, 5.74) is 0.409. The van der Waals surface area contributed by atoms with Crippen molar-refractivity contribution >= 4 is 5.78 Å². The van der Waals surface area contributed by atoms with E-state index in [0.717, 1.165) is 30.6 Å². The SMILES string of the molecule is CN1CCC23c4c5ccc(O)c4OC2C(=O)CCC3(O)C(C5)C1. The van der Waals surface area contributed by atoms with E-state index in [1.807, 2.05) is 6.07 Å². The van der Waals surface area contributed by atoms with Crippen LogP contribution in [0.15, 0.2) is 12.1 Å². The number of hydrogen-bond acceptors (Lipinski definition) is 5. The van der Waals surface area contributed by atoms with Crippen molar-refractivity contribution in [1.82, 2.24) is 4.90 Å². The number of carbonyl (C=O) groups excluding carboxylic acids is 1. The van der Waals surface area contributed by atoms with E-state index in [4.69, 9.17) is 4.74 Å². The molecule has 1 saturated carbocycles. The lowest BCUT2D eigenvalue weighted by Gasteiger charge is -2.55. The number of rotatable bonds is 0. The molecule has 4 aliphatic rings.